The van der Waals surface area contributed by atoms with Gasteiger partial charge in [0, 0.05) is 6.04 Å². The van der Waals surface area contributed by atoms with Crippen LogP contribution in [-0.2, 0) is 4.79 Å². The molecular weight excluding hydrogens is 178 g/mol. The summed E-state index contributed by atoms with van der Waals surface area (Å²) in [7, 11) is 0. The summed E-state index contributed by atoms with van der Waals surface area (Å²) < 4.78 is 0. The normalized spacial score (nSPS) is 16.4. The third-order valence-electron chi connectivity index (χ3n) is 2.21. The van der Waals surface area contributed by atoms with Crippen LogP contribution in [0.3, 0.4) is 0 Å². The summed E-state index contributed by atoms with van der Waals surface area (Å²) in [4.78, 5) is 11.0. The average Bonchev–Trinajstić information content (AvgIpc) is 2.00. The van der Waals surface area contributed by atoms with Crippen molar-refractivity contribution in [1.29, 1.82) is 0 Å². The number of carbonyl (C=O) groups is 1. The van der Waals surface area contributed by atoms with E-state index >= 15 is 0 Å². The summed E-state index contributed by atoms with van der Waals surface area (Å²) in [5, 5.41) is 12.1. The van der Waals surface area contributed by atoms with E-state index in [0.717, 1.165) is 6.42 Å². The van der Waals surface area contributed by atoms with E-state index in [-0.39, 0.29) is 11.5 Å². The molecule has 2 unspecified atom stereocenters. The molecule has 2 N–H and O–H groups in total. The highest BCUT2D eigenvalue weighted by atomic mass is 16.4. The van der Waals surface area contributed by atoms with E-state index in [1.165, 1.54) is 0 Å². The van der Waals surface area contributed by atoms with Gasteiger partial charge in [-0.1, -0.05) is 27.7 Å². The number of hydrogen-bond donors (Lipinski definition) is 2. The number of rotatable bonds is 5. The molecule has 14 heavy (non-hydrogen) atoms. The van der Waals surface area contributed by atoms with Crippen LogP contribution in [0.4, 0.5) is 0 Å². The molecule has 0 rings (SSSR count). The Kier molecular flexibility index (Phi) is 5.13. The van der Waals surface area contributed by atoms with Gasteiger partial charge in [0.1, 0.15) is 6.04 Å². The Morgan fingerprint density at radius 2 is 1.93 bits per heavy atom. The largest absolute Gasteiger partial charge is 0.480 e. The Bertz CT molecular complexity index is 184. The summed E-state index contributed by atoms with van der Waals surface area (Å²) >= 11 is 0. The maximum atomic E-state index is 11.0. The maximum Gasteiger partial charge on any atom is 0.320 e. The van der Waals surface area contributed by atoms with Gasteiger partial charge in [-0.2, -0.15) is 0 Å². The van der Waals surface area contributed by atoms with Gasteiger partial charge in [0.15, 0.2) is 0 Å². The van der Waals surface area contributed by atoms with Crippen molar-refractivity contribution in [3.8, 4) is 0 Å². The quantitative estimate of drug-likeness (QED) is 0.717. The monoisotopic (exact) mass is 201 g/mol. The first-order valence-electron chi connectivity index (χ1n) is 5.25. The summed E-state index contributed by atoms with van der Waals surface area (Å²) in [6, 6.07) is -0.164. The number of aliphatic carboxylic acids is 1. The van der Waals surface area contributed by atoms with Gasteiger partial charge in [-0.15, -0.1) is 0 Å². The Hall–Kier alpha value is -0.570. The van der Waals surface area contributed by atoms with Crippen LogP contribution in [0.2, 0.25) is 0 Å². The Labute approximate surface area is 86.9 Å². The van der Waals surface area contributed by atoms with E-state index in [2.05, 4.69) is 26.1 Å². The predicted molar refractivity (Wildman–Crippen MR) is 58.4 cm³/mol. The van der Waals surface area contributed by atoms with E-state index in [4.69, 9.17) is 5.11 Å². The van der Waals surface area contributed by atoms with E-state index in [0.29, 0.717) is 6.42 Å². The fourth-order valence-electron chi connectivity index (χ4n) is 1.29. The van der Waals surface area contributed by atoms with Crippen molar-refractivity contribution in [3.05, 3.63) is 0 Å². The summed E-state index contributed by atoms with van der Waals surface area (Å²) in [5.41, 5.74) is 0.0452. The smallest absolute Gasteiger partial charge is 0.320 e. The fraction of sp³-hybridized carbons (Fsp3) is 0.909. The van der Waals surface area contributed by atoms with E-state index in [1.54, 1.807) is 0 Å². The number of carboxylic acids is 1. The van der Waals surface area contributed by atoms with Gasteiger partial charge in [0.05, 0.1) is 0 Å². The van der Waals surface area contributed by atoms with Crippen molar-refractivity contribution < 1.29 is 9.90 Å². The lowest BCUT2D eigenvalue weighted by atomic mass is 9.88. The summed E-state index contributed by atoms with van der Waals surface area (Å²) in [5.74, 6) is -0.750. The lowest BCUT2D eigenvalue weighted by molar-refractivity contribution is -0.140. The first kappa shape index (κ1) is 13.4. The molecule has 0 aliphatic heterocycles. The minimum Gasteiger partial charge on any atom is -0.480 e. The zero-order valence-corrected chi connectivity index (χ0v) is 9.92. The zero-order chi connectivity index (χ0) is 11.4. The Morgan fingerprint density at radius 1 is 1.43 bits per heavy atom. The SMILES string of the molecule is CCC(C)NC(CC(C)(C)C)C(=O)O. The molecule has 0 aliphatic rings. The minimum absolute atomic E-state index is 0.0452. The van der Waals surface area contributed by atoms with Crippen LogP contribution in [-0.4, -0.2) is 23.2 Å². The van der Waals surface area contributed by atoms with Crippen LogP contribution < -0.4 is 5.32 Å². The van der Waals surface area contributed by atoms with Gasteiger partial charge < -0.3 is 10.4 Å². The second-order valence-electron chi connectivity index (χ2n) is 5.13. The number of nitrogens with one attached hydrogen (secondary N) is 1. The molecule has 0 spiro atoms. The lowest BCUT2D eigenvalue weighted by Crippen LogP contribution is -2.43. The topological polar surface area (TPSA) is 49.3 Å². The molecule has 0 radical (unpaired) electrons. The molecule has 0 bridgehead atoms. The Balaban J connectivity index is 4.24. The minimum atomic E-state index is -0.750. The van der Waals surface area contributed by atoms with Crippen LogP contribution in [0, 0.1) is 5.41 Å². The van der Waals surface area contributed by atoms with Crippen molar-refractivity contribution in [2.24, 2.45) is 5.41 Å². The van der Waals surface area contributed by atoms with Crippen LogP contribution in [0.1, 0.15) is 47.5 Å². The molecule has 0 aromatic carbocycles. The number of carboxylic acid groups (broad SMARTS) is 1. The molecule has 0 aliphatic carbocycles. The van der Waals surface area contributed by atoms with Crippen molar-refractivity contribution >= 4 is 5.97 Å². The maximum absolute atomic E-state index is 11.0. The Morgan fingerprint density at radius 3 is 2.21 bits per heavy atom. The van der Waals surface area contributed by atoms with Crippen molar-refractivity contribution in [2.45, 2.75) is 59.5 Å². The fourth-order valence-corrected chi connectivity index (χ4v) is 1.29. The van der Waals surface area contributed by atoms with E-state index < -0.39 is 12.0 Å². The van der Waals surface area contributed by atoms with Crippen molar-refractivity contribution in [2.75, 3.05) is 0 Å². The molecule has 0 fully saturated rings. The molecule has 3 nitrogen and oxygen atoms in total. The first-order valence-corrected chi connectivity index (χ1v) is 5.25. The van der Waals surface area contributed by atoms with Crippen LogP contribution in [0.15, 0.2) is 0 Å². The molecule has 84 valence electrons. The first-order chi connectivity index (χ1) is 6.26. The number of hydrogen-bond acceptors (Lipinski definition) is 2. The van der Waals surface area contributed by atoms with E-state index in [9.17, 15) is 4.79 Å². The van der Waals surface area contributed by atoms with Gasteiger partial charge in [0.25, 0.3) is 0 Å². The molecule has 0 aromatic rings. The molecule has 3 heteroatoms. The third kappa shape index (κ3) is 5.97. The predicted octanol–water partition coefficient (Wildman–Crippen LogP) is 2.26. The van der Waals surface area contributed by atoms with Gasteiger partial charge in [-0.25, -0.2) is 0 Å². The van der Waals surface area contributed by atoms with Crippen molar-refractivity contribution in [3.63, 3.8) is 0 Å². The third-order valence-corrected chi connectivity index (χ3v) is 2.21. The van der Waals surface area contributed by atoms with Crippen LogP contribution in [0.5, 0.6) is 0 Å². The highest BCUT2D eigenvalue weighted by Crippen LogP contribution is 2.21. The molecule has 2 atom stereocenters. The van der Waals surface area contributed by atoms with Crippen LogP contribution >= 0.6 is 0 Å². The van der Waals surface area contributed by atoms with E-state index in [1.807, 2.05) is 13.8 Å². The zero-order valence-electron chi connectivity index (χ0n) is 9.92. The molecule has 0 saturated carbocycles. The standard InChI is InChI=1S/C11H23NO2/c1-6-8(2)12-9(10(13)14)7-11(3,4)5/h8-9,12H,6-7H2,1-5H3,(H,13,14). The second-order valence-corrected chi connectivity index (χ2v) is 5.13. The molecule has 0 amide bonds. The van der Waals surface area contributed by atoms with Gasteiger partial charge in [-0.3, -0.25) is 4.79 Å². The average molecular weight is 201 g/mol. The second kappa shape index (κ2) is 5.35. The molecule has 0 saturated heterocycles. The van der Waals surface area contributed by atoms with Gasteiger partial charge >= 0.3 is 5.97 Å². The van der Waals surface area contributed by atoms with Crippen LogP contribution in [0.25, 0.3) is 0 Å². The van der Waals surface area contributed by atoms with Crippen molar-refractivity contribution in [1.82, 2.24) is 5.32 Å². The van der Waals surface area contributed by atoms with Gasteiger partial charge in [0.2, 0.25) is 0 Å². The summed E-state index contributed by atoms with van der Waals surface area (Å²) in [6.45, 7) is 10.2. The highest BCUT2D eigenvalue weighted by Gasteiger charge is 2.24. The molecule has 0 heterocycles. The van der Waals surface area contributed by atoms with Gasteiger partial charge in [-0.05, 0) is 25.2 Å². The molecular formula is C11H23NO2. The molecule has 0 aromatic heterocycles. The highest BCUT2D eigenvalue weighted by molar-refractivity contribution is 5.73. The summed E-state index contributed by atoms with van der Waals surface area (Å²) in [6.07, 6.45) is 1.61. The lowest BCUT2D eigenvalue weighted by Gasteiger charge is -2.26.